The molecule has 2 atom stereocenters. The molecule has 3 rings (SSSR count). The first-order chi connectivity index (χ1) is 13.1. The van der Waals surface area contributed by atoms with Crippen LogP contribution in [0.2, 0.25) is 0 Å². The van der Waals surface area contributed by atoms with Crippen molar-refractivity contribution in [2.24, 2.45) is 5.92 Å². The molecule has 0 unspecified atom stereocenters. The molecule has 148 valence electrons. The summed E-state index contributed by atoms with van der Waals surface area (Å²) in [6, 6.07) is 8.99. The van der Waals surface area contributed by atoms with Gasteiger partial charge in [-0.15, -0.1) is 0 Å². The number of nitrogens with one attached hydrogen (secondary N) is 1. The number of alkyl halides is 3. The fraction of sp³-hybridized carbons (Fsp3) is 0.300. The number of methoxy groups -OCH3 is 1. The third-order valence-corrected chi connectivity index (χ3v) is 4.99. The molecule has 0 spiro atoms. The Hall–Kier alpha value is -3.03. The van der Waals surface area contributed by atoms with Crippen LogP contribution in [0.4, 0.5) is 13.2 Å². The topological polar surface area (TPSA) is 75.6 Å². The van der Waals surface area contributed by atoms with E-state index in [-0.39, 0.29) is 17.0 Å². The van der Waals surface area contributed by atoms with Crippen molar-refractivity contribution in [3.63, 3.8) is 0 Å². The van der Waals surface area contributed by atoms with Gasteiger partial charge < -0.3 is 15.2 Å². The van der Waals surface area contributed by atoms with Crippen molar-refractivity contribution in [2.75, 3.05) is 7.11 Å². The number of halogens is 3. The molecule has 0 bridgehead atoms. The highest BCUT2D eigenvalue weighted by molar-refractivity contribution is 6.00. The van der Waals surface area contributed by atoms with Crippen LogP contribution < -0.4 is 10.1 Å². The van der Waals surface area contributed by atoms with Gasteiger partial charge in [0.15, 0.2) is 0 Å². The van der Waals surface area contributed by atoms with Gasteiger partial charge in [-0.05, 0) is 48.2 Å². The van der Waals surface area contributed by atoms with E-state index in [0.29, 0.717) is 17.7 Å². The van der Waals surface area contributed by atoms with Crippen LogP contribution in [0.3, 0.4) is 0 Å². The molecule has 1 saturated carbocycles. The number of carboxylic acids is 1. The number of carbonyl (C=O) groups excluding carboxylic acids is 1. The number of hydrogen-bond donors (Lipinski definition) is 2. The van der Waals surface area contributed by atoms with Crippen LogP contribution in [0.15, 0.2) is 42.5 Å². The summed E-state index contributed by atoms with van der Waals surface area (Å²) in [4.78, 5) is 24.0. The van der Waals surface area contributed by atoms with Crippen molar-refractivity contribution in [1.82, 2.24) is 5.32 Å². The van der Waals surface area contributed by atoms with Crippen molar-refractivity contribution in [3.8, 4) is 16.9 Å². The average molecular weight is 393 g/mol. The van der Waals surface area contributed by atoms with Gasteiger partial charge in [0, 0.05) is 11.1 Å². The Labute approximate surface area is 159 Å². The van der Waals surface area contributed by atoms with E-state index < -0.39 is 29.2 Å². The second kappa shape index (κ2) is 6.85. The molecule has 1 aliphatic carbocycles. The fourth-order valence-electron chi connectivity index (χ4n) is 3.16. The van der Waals surface area contributed by atoms with Crippen LogP contribution in [0.25, 0.3) is 11.1 Å². The van der Waals surface area contributed by atoms with Gasteiger partial charge in [0.2, 0.25) is 0 Å². The van der Waals surface area contributed by atoms with Crippen LogP contribution in [0.1, 0.15) is 29.3 Å². The van der Waals surface area contributed by atoms with Gasteiger partial charge in [0.1, 0.15) is 11.3 Å². The molecule has 2 aromatic carbocycles. The molecule has 0 aromatic heterocycles. The first-order valence-corrected chi connectivity index (χ1v) is 8.50. The third-order valence-electron chi connectivity index (χ3n) is 4.99. The molecule has 1 amide bonds. The smallest absolute Gasteiger partial charge is 0.416 e. The predicted octanol–water partition coefficient (Wildman–Crippen LogP) is 3.97. The molecule has 2 N–H and O–H groups in total. The maximum absolute atomic E-state index is 13.0. The van der Waals surface area contributed by atoms with Gasteiger partial charge >= 0.3 is 12.1 Å². The highest BCUT2D eigenvalue weighted by Gasteiger charge is 2.59. The summed E-state index contributed by atoms with van der Waals surface area (Å²) in [5, 5.41) is 11.9. The lowest BCUT2D eigenvalue weighted by Gasteiger charge is -2.16. The van der Waals surface area contributed by atoms with E-state index in [1.807, 2.05) is 0 Å². The molecular weight excluding hydrogens is 375 g/mol. The van der Waals surface area contributed by atoms with E-state index >= 15 is 0 Å². The minimum absolute atomic E-state index is 0.132. The lowest BCUT2D eigenvalue weighted by Crippen LogP contribution is -2.44. The zero-order chi connectivity index (χ0) is 20.7. The molecule has 1 fully saturated rings. The van der Waals surface area contributed by atoms with Gasteiger partial charge in [-0.3, -0.25) is 4.79 Å². The molecule has 0 saturated heterocycles. The van der Waals surface area contributed by atoms with Crippen LogP contribution in [-0.4, -0.2) is 29.6 Å². The number of amides is 1. The Morgan fingerprint density at radius 3 is 2.43 bits per heavy atom. The van der Waals surface area contributed by atoms with Gasteiger partial charge in [-0.1, -0.05) is 19.1 Å². The second-order valence-corrected chi connectivity index (χ2v) is 6.83. The van der Waals surface area contributed by atoms with Crippen molar-refractivity contribution >= 4 is 11.9 Å². The zero-order valence-corrected chi connectivity index (χ0v) is 15.1. The SMILES string of the molecule is COc1ccc(C(=O)N[C@]2(C(=O)O)C[C@H]2C)cc1-c1cccc(C(F)(F)F)c1. The minimum Gasteiger partial charge on any atom is -0.496 e. The Morgan fingerprint density at radius 2 is 1.89 bits per heavy atom. The Morgan fingerprint density at radius 1 is 1.21 bits per heavy atom. The largest absolute Gasteiger partial charge is 0.496 e. The number of hydrogen-bond acceptors (Lipinski definition) is 3. The van der Waals surface area contributed by atoms with Gasteiger partial charge in [0.05, 0.1) is 12.7 Å². The number of carboxylic acid groups (broad SMARTS) is 1. The van der Waals surface area contributed by atoms with E-state index in [1.54, 1.807) is 6.92 Å². The molecule has 5 nitrogen and oxygen atoms in total. The molecule has 28 heavy (non-hydrogen) atoms. The van der Waals surface area contributed by atoms with E-state index in [0.717, 1.165) is 12.1 Å². The first kappa shape index (κ1) is 19.7. The number of aliphatic carboxylic acids is 1. The van der Waals surface area contributed by atoms with E-state index in [1.165, 1.54) is 37.4 Å². The maximum Gasteiger partial charge on any atom is 0.416 e. The zero-order valence-electron chi connectivity index (χ0n) is 15.1. The molecule has 0 aliphatic heterocycles. The third kappa shape index (κ3) is 3.54. The second-order valence-electron chi connectivity index (χ2n) is 6.83. The summed E-state index contributed by atoms with van der Waals surface area (Å²) in [6.07, 6.45) is -4.18. The number of benzene rings is 2. The van der Waals surface area contributed by atoms with E-state index in [4.69, 9.17) is 4.74 Å². The maximum atomic E-state index is 13.0. The van der Waals surface area contributed by atoms with Gasteiger partial charge in [-0.2, -0.15) is 13.2 Å². The standard InChI is InChI=1S/C20H18F3NO4/c1-11-10-19(11,18(26)27)24-17(25)13-6-7-16(28-2)15(9-13)12-4-3-5-14(8-12)20(21,22)23/h3-9,11H,10H2,1-2H3,(H,24,25)(H,26,27)/t11-,19-/m1/s1. The summed E-state index contributed by atoms with van der Waals surface area (Å²) in [7, 11) is 1.37. The Kier molecular flexibility index (Phi) is 4.82. The van der Waals surface area contributed by atoms with E-state index in [2.05, 4.69) is 5.32 Å². The molecular formula is C20H18F3NO4. The molecule has 0 heterocycles. The van der Waals surface area contributed by atoms with Gasteiger partial charge in [-0.25, -0.2) is 4.79 Å². The summed E-state index contributed by atoms with van der Waals surface area (Å²) < 4.78 is 44.3. The molecule has 8 heteroatoms. The van der Waals surface area contributed by atoms with Crippen molar-refractivity contribution in [2.45, 2.75) is 25.1 Å². The lowest BCUT2D eigenvalue weighted by atomic mass is 9.99. The summed E-state index contributed by atoms with van der Waals surface area (Å²) >= 11 is 0. The Bertz CT molecular complexity index is 941. The van der Waals surface area contributed by atoms with Crippen LogP contribution >= 0.6 is 0 Å². The van der Waals surface area contributed by atoms with Crippen molar-refractivity contribution < 1.29 is 32.6 Å². The lowest BCUT2D eigenvalue weighted by molar-refractivity contribution is -0.141. The van der Waals surface area contributed by atoms with Crippen LogP contribution in [0, 0.1) is 5.92 Å². The Balaban J connectivity index is 1.97. The predicted molar refractivity (Wildman–Crippen MR) is 95.0 cm³/mol. The van der Waals surface area contributed by atoms with Gasteiger partial charge in [0.25, 0.3) is 5.91 Å². The van der Waals surface area contributed by atoms with E-state index in [9.17, 15) is 27.9 Å². The molecule has 2 aromatic rings. The normalized spacial score (nSPS) is 21.1. The highest BCUT2D eigenvalue weighted by atomic mass is 19.4. The van der Waals surface area contributed by atoms with Crippen LogP contribution in [-0.2, 0) is 11.0 Å². The summed E-state index contributed by atoms with van der Waals surface area (Å²) in [5.74, 6) is -1.62. The minimum atomic E-state index is -4.51. The van der Waals surface area contributed by atoms with Crippen LogP contribution in [0.5, 0.6) is 5.75 Å². The van der Waals surface area contributed by atoms with Crippen molar-refractivity contribution in [1.29, 1.82) is 0 Å². The number of carbonyl (C=O) groups is 2. The fourth-order valence-corrected chi connectivity index (χ4v) is 3.16. The highest BCUT2D eigenvalue weighted by Crippen LogP contribution is 2.43. The van der Waals surface area contributed by atoms with Crippen molar-refractivity contribution in [3.05, 3.63) is 53.6 Å². The first-order valence-electron chi connectivity index (χ1n) is 8.50. The summed E-state index contributed by atoms with van der Waals surface area (Å²) in [6.45, 7) is 1.72. The number of rotatable bonds is 5. The molecule has 0 radical (unpaired) electrons. The quantitative estimate of drug-likeness (QED) is 0.806. The monoisotopic (exact) mass is 393 g/mol. The average Bonchev–Trinajstić information content (AvgIpc) is 3.31. The number of ether oxygens (including phenoxy) is 1. The summed E-state index contributed by atoms with van der Waals surface area (Å²) in [5.41, 5.74) is -1.46. The molecule has 1 aliphatic rings.